The van der Waals surface area contributed by atoms with Gasteiger partial charge in [-0.25, -0.2) is 9.18 Å². The Hall–Kier alpha value is -2.15. The lowest BCUT2D eigenvalue weighted by Crippen LogP contribution is -2.30. The van der Waals surface area contributed by atoms with E-state index in [-0.39, 0.29) is 12.2 Å². The number of rotatable bonds is 4. The average molecular weight is 283 g/mol. The minimum atomic E-state index is -1.08. The van der Waals surface area contributed by atoms with Crippen molar-refractivity contribution in [2.75, 3.05) is 12.4 Å². The number of hydrogen-bond donors (Lipinski definition) is 2. The van der Waals surface area contributed by atoms with E-state index < -0.39 is 29.9 Å². The summed E-state index contributed by atoms with van der Waals surface area (Å²) in [5.41, 5.74) is 0.307. The first-order valence-electron chi connectivity index (χ1n) is 6.04. The molecule has 1 saturated heterocycles. The fraction of sp³-hybridized carbons (Fsp3) is 0.385. The first-order valence-corrected chi connectivity index (χ1v) is 6.04. The number of hydrogen-bond acceptors (Lipinski definition) is 4. The second kappa shape index (κ2) is 5.87. The Balaban J connectivity index is 2.04. The van der Waals surface area contributed by atoms with Gasteiger partial charge < -0.3 is 19.9 Å². The molecule has 0 aromatic heterocycles. The predicted octanol–water partition coefficient (Wildman–Crippen LogP) is 1.40. The van der Waals surface area contributed by atoms with Gasteiger partial charge in [0.05, 0.1) is 12.8 Å². The Morgan fingerprint density at radius 1 is 1.40 bits per heavy atom. The van der Waals surface area contributed by atoms with Crippen molar-refractivity contribution in [1.29, 1.82) is 0 Å². The molecule has 1 aliphatic rings. The van der Waals surface area contributed by atoms with Crippen LogP contribution in [0.25, 0.3) is 0 Å². The third-order valence-corrected chi connectivity index (χ3v) is 3.01. The zero-order valence-electron chi connectivity index (χ0n) is 10.8. The fourth-order valence-electron chi connectivity index (χ4n) is 1.99. The second-order valence-corrected chi connectivity index (χ2v) is 4.36. The van der Waals surface area contributed by atoms with Crippen molar-refractivity contribution in [1.82, 2.24) is 0 Å². The molecule has 1 fully saturated rings. The molecule has 2 rings (SSSR count). The third kappa shape index (κ3) is 3.05. The number of ether oxygens (including phenoxy) is 2. The largest absolute Gasteiger partial charge is 0.494 e. The Morgan fingerprint density at radius 2 is 2.10 bits per heavy atom. The topological polar surface area (TPSA) is 84.9 Å². The van der Waals surface area contributed by atoms with Crippen LogP contribution < -0.4 is 10.1 Å². The van der Waals surface area contributed by atoms with Gasteiger partial charge in [0.15, 0.2) is 6.10 Å². The molecule has 1 aliphatic heterocycles. The average Bonchev–Trinajstić information content (AvgIpc) is 2.90. The zero-order chi connectivity index (χ0) is 14.7. The molecule has 0 aliphatic carbocycles. The summed E-state index contributed by atoms with van der Waals surface area (Å²) in [6.45, 7) is 0. The summed E-state index contributed by atoms with van der Waals surface area (Å²) in [4.78, 5) is 22.7. The maximum absolute atomic E-state index is 13.0. The number of nitrogens with one attached hydrogen (secondary N) is 1. The minimum Gasteiger partial charge on any atom is -0.494 e. The molecule has 0 radical (unpaired) electrons. The lowest BCUT2D eigenvalue weighted by molar-refractivity contribution is -0.150. The minimum absolute atomic E-state index is 0.186. The first-order chi connectivity index (χ1) is 9.51. The molecule has 20 heavy (non-hydrogen) atoms. The molecule has 2 N–H and O–H groups in total. The predicted molar refractivity (Wildman–Crippen MR) is 67.1 cm³/mol. The van der Waals surface area contributed by atoms with Crippen LogP contribution in [-0.2, 0) is 14.3 Å². The van der Waals surface area contributed by atoms with E-state index in [0.717, 1.165) is 6.07 Å². The van der Waals surface area contributed by atoms with Gasteiger partial charge in [-0.05, 0) is 25.0 Å². The molecular formula is C13H14FNO5. The van der Waals surface area contributed by atoms with Gasteiger partial charge in [0, 0.05) is 6.07 Å². The molecule has 7 heteroatoms. The maximum Gasteiger partial charge on any atom is 0.332 e. The van der Waals surface area contributed by atoms with E-state index in [1.54, 1.807) is 0 Å². The Labute approximate surface area is 114 Å². The van der Waals surface area contributed by atoms with Gasteiger partial charge in [-0.15, -0.1) is 0 Å². The van der Waals surface area contributed by atoms with E-state index >= 15 is 0 Å². The number of anilines is 1. The standard InChI is InChI=1S/C13H14FNO5/c1-19-11-6-7(14)2-3-8(11)15-12(16)9-4-5-10(20-9)13(17)18/h2-3,6,9-10H,4-5H2,1H3,(H,15,16)(H,17,18). The fourth-order valence-corrected chi connectivity index (χ4v) is 1.99. The Morgan fingerprint density at radius 3 is 2.70 bits per heavy atom. The van der Waals surface area contributed by atoms with Crippen molar-refractivity contribution < 1.29 is 28.6 Å². The highest BCUT2D eigenvalue weighted by Crippen LogP contribution is 2.27. The summed E-state index contributed by atoms with van der Waals surface area (Å²) in [5, 5.41) is 11.3. The van der Waals surface area contributed by atoms with Crippen molar-refractivity contribution in [3.05, 3.63) is 24.0 Å². The highest BCUT2D eigenvalue weighted by molar-refractivity contribution is 5.96. The quantitative estimate of drug-likeness (QED) is 0.872. The molecule has 108 valence electrons. The van der Waals surface area contributed by atoms with Crippen LogP contribution in [0.4, 0.5) is 10.1 Å². The number of aliphatic carboxylic acids is 1. The van der Waals surface area contributed by atoms with Gasteiger partial charge in [-0.1, -0.05) is 0 Å². The van der Waals surface area contributed by atoms with Crippen molar-refractivity contribution in [2.45, 2.75) is 25.0 Å². The molecule has 0 spiro atoms. The smallest absolute Gasteiger partial charge is 0.332 e. The molecule has 2 unspecified atom stereocenters. The Bertz CT molecular complexity index is 533. The Kier molecular flexibility index (Phi) is 4.19. The summed E-state index contributed by atoms with van der Waals surface area (Å²) >= 11 is 0. The lowest BCUT2D eigenvalue weighted by Gasteiger charge is -2.14. The highest BCUT2D eigenvalue weighted by atomic mass is 19.1. The molecule has 1 aromatic carbocycles. The van der Waals surface area contributed by atoms with Gasteiger partial charge in [0.2, 0.25) is 0 Å². The number of carboxylic acid groups (broad SMARTS) is 1. The summed E-state index contributed by atoms with van der Waals surface area (Å²) < 4.78 is 23.1. The van der Waals surface area contributed by atoms with Crippen LogP contribution in [0.15, 0.2) is 18.2 Å². The lowest BCUT2D eigenvalue weighted by atomic mass is 10.2. The van der Waals surface area contributed by atoms with E-state index in [1.165, 1.54) is 19.2 Å². The van der Waals surface area contributed by atoms with Gasteiger partial charge in [-0.2, -0.15) is 0 Å². The van der Waals surface area contributed by atoms with Crippen LogP contribution in [0.2, 0.25) is 0 Å². The summed E-state index contributed by atoms with van der Waals surface area (Å²) in [6, 6.07) is 3.70. The number of carbonyl (C=O) groups excluding carboxylic acids is 1. The molecule has 1 aromatic rings. The number of carboxylic acids is 1. The molecule has 1 heterocycles. The normalized spacial score (nSPS) is 21.5. The van der Waals surface area contributed by atoms with E-state index in [4.69, 9.17) is 14.6 Å². The van der Waals surface area contributed by atoms with Crippen LogP contribution in [0.3, 0.4) is 0 Å². The molecule has 6 nitrogen and oxygen atoms in total. The van der Waals surface area contributed by atoms with E-state index in [9.17, 15) is 14.0 Å². The molecule has 0 bridgehead atoms. The van der Waals surface area contributed by atoms with Gasteiger partial charge in [-0.3, -0.25) is 4.79 Å². The van der Waals surface area contributed by atoms with Crippen LogP contribution in [-0.4, -0.2) is 36.3 Å². The summed E-state index contributed by atoms with van der Waals surface area (Å²) in [7, 11) is 1.36. The number of methoxy groups -OCH3 is 1. The number of halogens is 1. The molecular weight excluding hydrogens is 269 g/mol. The van der Waals surface area contributed by atoms with Crippen LogP contribution in [0, 0.1) is 5.82 Å². The number of amides is 1. The van der Waals surface area contributed by atoms with E-state index in [0.29, 0.717) is 12.1 Å². The van der Waals surface area contributed by atoms with Crippen molar-refractivity contribution in [3.8, 4) is 5.75 Å². The molecule has 2 atom stereocenters. The van der Waals surface area contributed by atoms with E-state index in [2.05, 4.69) is 5.32 Å². The molecule has 1 amide bonds. The van der Waals surface area contributed by atoms with Gasteiger partial charge >= 0.3 is 5.97 Å². The third-order valence-electron chi connectivity index (χ3n) is 3.01. The zero-order valence-corrected chi connectivity index (χ0v) is 10.8. The second-order valence-electron chi connectivity index (χ2n) is 4.36. The van der Waals surface area contributed by atoms with E-state index in [1.807, 2.05) is 0 Å². The van der Waals surface area contributed by atoms with Crippen LogP contribution in [0.1, 0.15) is 12.8 Å². The van der Waals surface area contributed by atoms with Crippen LogP contribution in [0.5, 0.6) is 5.75 Å². The highest BCUT2D eigenvalue weighted by Gasteiger charge is 2.34. The van der Waals surface area contributed by atoms with Gasteiger partial charge in [0.1, 0.15) is 17.7 Å². The number of benzene rings is 1. The van der Waals surface area contributed by atoms with Crippen molar-refractivity contribution >= 4 is 17.6 Å². The number of carbonyl (C=O) groups is 2. The maximum atomic E-state index is 13.0. The van der Waals surface area contributed by atoms with Gasteiger partial charge in [0.25, 0.3) is 5.91 Å². The summed E-state index contributed by atoms with van der Waals surface area (Å²) in [6.07, 6.45) is -1.17. The monoisotopic (exact) mass is 283 g/mol. The van der Waals surface area contributed by atoms with Crippen molar-refractivity contribution in [3.63, 3.8) is 0 Å². The molecule has 0 saturated carbocycles. The van der Waals surface area contributed by atoms with Crippen molar-refractivity contribution in [2.24, 2.45) is 0 Å². The summed E-state index contributed by atoms with van der Waals surface area (Å²) in [5.74, 6) is -1.85. The first kappa shape index (κ1) is 14.3. The van der Waals surface area contributed by atoms with Crippen LogP contribution >= 0.6 is 0 Å². The SMILES string of the molecule is COc1cc(F)ccc1NC(=O)C1CCC(C(=O)O)O1.